The van der Waals surface area contributed by atoms with Gasteiger partial charge in [0.2, 0.25) is 12.0 Å². The lowest BCUT2D eigenvalue weighted by Crippen LogP contribution is -2.40. The molecule has 12 heteroatoms. The summed E-state index contributed by atoms with van der Waals surface area (Å²) < 4.78 is 12.4. The van der Waals surface area contributed by atoms with Gasteiger partial charge in [0.25, 0.3) is 5.56 Å². The van der Waals surface area contributed by atoms with Crippen molar-refractivity contribution < 1.29 is 23.9 Å². The van der Waals surface area contributed by atoms with Crippen LogP contribution in [0.15, 0.2) is 34.1 Å². The summed E-state index contributed by atoms with van der Waals surface area (Å²) in [5, 5.41) is 3.68. The van der Waals surface area contributed by atoms with Crippen LogP contribution < -0.4 is 15.8 Å². The van der Waals surface area contributed by atoms with E-state index in [0.717, 1.165) is 53.6 Å². The van der Waals surface area contributed by atoms with Gasteiger partial charge in [-0.1, -0.05) is 25.8 Å². The van der Waals surface area contributed by atoms with E-state index in [1.807, 2.05) is 24.5 Å². The van der Waals surface area contributed by atoms with Crippen LogP contribution in [0.3, 0.4) is 0 Å². The number of nitrogens with zero attached hydrogens (tertiary/aromatic N) is 5. The quantitative estimate of drug-likeness (QED) is 0.237. The van der Waals surface area contributed by atoms with E-state index in [-0.39, 0.29) is 42.3 Å². The molecule has 0 fully saturated rings. The number of rotatable bonds is 9. The highest BCUT2D eigenvalue weighted by Gasteiger charge is 2.39. The number of carbonyl (C=O) groups is 3. The molecular formula is C30H32N6O6. The number of aliphatic imine (C=N–C) groups is 1. The third-order valence-electron chi connectivity index (χ3n) is 7.91. The number of anilines is 1. The van der Waals surface area contributed by atoms with Gasteiger partial charge < -0.3 is 29.2 Å². The monoisotopic (exact) mass is 572 g/mol. The molecule has 2 aromatic heterocycles. The molecule has 5 heterocycles. The maximum atomic E-state index is 13.8. The molecule has 218 valence electrons. The van der Waals surface area contributed by atoms with Gasteiger partial charge in [-0.25, -0.2) is 14.8 Å². The number of likely N-dealkylation sites (N-methyl/N-ethyl adjacent to an activating group) is 2. The summed E-state index contributed by atoms with van der Waals surface area (Å²) >= 11 is 0. The van der Waals surface area contributed by atoms with Gasteiger partial charge in [0.1, 0.15) is 13.2 Å². The van der Waals surface area contributed by atoms with Crippen LogP contribution in [0.1, 0.15) is 49.0 Å². The molecule has 0 bridgehead atoms. The Hall–Kier alpha value is -4.58. The molecule has 0 saturated carbocycles. The van der Waals surface area contributed by atoms with Crippen molar-refractivity contribution >= 4 is 46.5 Å². The molecule has 1 aromatic carbocycles. The number of fused-ring (bicyclic) bond motifs is 5. The fourth-order valence-electron chi connectivity index (χ4n) is 5.79. The lowest BCUT2D eigenvalue weighted by Gasteiger charge is -2.27. The molecule has 0 saturated heterocycles. The number of aromatic nitrogens is 2. The van der Waals surface area contributed by atoms with E-state index in [4.69, 9.17) is 14.5 Å². The van der Waals surface area contributed by atoms with Crippen molar-refractivity contribution in [3.63, 3.8) is 0 Å². The Morgan fingerprint density at radius 1 is 1.21 bits per heavy atom. The number of hydrogen-bond acceptors (Lipinski definition) is 10. The molecule has 3 aromatic rings. The molecule has 1 N–H and O–H groups in total. The Labute approximate surface area is 241 Å². The predicted molar refractivity (Wildman–Crippen MR) is 156 cm³/mol. The number of unbranched alkanes of at least 4 members (excludes halogenated alkanes) is 2. The summed E-state index contributed by atoms with van der Waals surface area (Å²) in [6, 6.07) is 7.51. The zero-order valence-corrected chi connectivity index (χ0v) is 23.8. The second-order valence-electron chi connectivity index (χ2n) is 10.7. The first-order valence-corrected chi connectivity index (χ1v) is 14.1. The van der Waals surface area contributed by atoms with Crippen LogP contribution in [0.5, 0.6) is 0 Å². The molecule has 1 amide bonds. The fraction of sp³-hybridized carbons (Fsp3) is 0.400. The molecule has 3 aliphatic rings. The highest BCUT2D eigenvalue weighted by Crippen LogP contribution is 2.46. The van der Waals surface area contributed by atoms with E-state index >= 15 is 0 Å². The van der Waals surface area contributed by atoms with Crippen LogP contribution in [-0.4, -0.2) is 72.4 Å². The van der Waals surface area contributed by atoms with Gasteiger partial charge in [-0.15, -0.1) is 0 Å². The Bertz CT molecular complexity index is 1710. The van der Waals surface area contributed by atoms with Crippen LogP contribution in [0.2, 0.25) is 0 Å². The van der Waals surface area contributed by atoms with Crippen LogP contribution in [0.4, 0.5) is 11.4 Å². The Morgan fingerprint density at radius 2 is 2.05 bits per heavy atom. The first-order chi connectivity index (χ1) is 20.3. The molecule has 12 nitrogen and oxygen atoms in total. The summed E-state index contributed by atoms with van der Waals surface area (Å²) in [6.07, 6.45) is 3.59. The van der Waals surface area contributed by atoms with Gasteiger partial charge >= 0.3 is 11.9 Å². The summed E-state index contributed by atoms with van der Waals surface area (Å²) in [5.41, 5.74) is 4.88. The van der Waals surface area contributed by atoms with Crippen molar-refractivity contribution in [1.82, 2.24) is 19.8 Å². The minimum atomic E-state index is -1.43. The fourth-order valence-corrected chi connectivity index (χ4v) is 5.79. The molecule has 0 radical (unpaired) electrons. The molecular weight excluding hydrogens is 540 g/mol. The van der Waals surface area contributed by atoms with E-state index in [2.05, 4.69) is 22.1 Å². The largest absolute Gasteiger partial charge is 0.458 e. The average molecular weight is 573 g/mol. The second kappa shape index (κ2) is 11.0. The van der Waals surface area contributed by atoms with Gasteiger partial charge in [-0.3, -0.25) is 14.4 Å². The van der Waals surface area contributed by atoms with E-state index in [1.54, 1.807) is 17.7 Å². The molecule has 6 rings (SSSR count). The van der Waals surface area contributed by atoms with Crippen LogP contribution in [-0.2, 0) is 37.0 Å². The Kier molecular flexibility index (Phi) is 7.23. The van der Waals surface area contributed by atoms with E-state index in [0.29, 0.717) is 17.9 Å². The van der Waals surface area contributed by atoms with Gasteiger partial charge in [0, 0.05) is 24.7 Å². The number of nitrogens with one attached hydrogen (secondary N) is 1. The predicted octanol–water partition coefficient (Wildman–Crippen LogP) is 2.41. The normalized spacial score (nSPS) is 16.1. The minimum Gasteiger partial charge on any atom is -0.458 e. The van der Waals surface area contributed by atoms with Crippen molar-refractivity contribution in [2.75, 3.05) is 38.6 Å². The van der Waals surface area contributed by atoms with Crippen LogP contribution >= 0.6 is 0 Å². The molecule has 0 spiro atoms. The van der Waals surface area contributed by atoms with Gasteiger partial charge in [-0.2, -0.15) is 0 Å². The zero-order chi connectivity index (χ0) is 29.5. The summed E-state index contributed by atoms with van der Waals surface area (Å²) in [4.78, 5) is 64.5. The number of ether oxygens (including phenoxy) is 2. The van der Waals surface area contributed by atoms with E-state index in [9.17, 15) is 19.2 Å². The third-order valence-corrected chi connectivity index (χ3v) is 7.91. The van der Waals surface area contributed by atoms with Crippen molar-refractivity contribution in [2.24, 2.45) is 4.99 Å². The van der Waals surface area contributed by atoms with E-state index < -0.39 is 18.0 Å². The Morgan fingerprint density at radius 3 is 2.83 bits per heavy atom. The standard InChI is InChI=1S/C30H32N6O6/c1-4-5-6-10-35-16-32-20-8-7-9-21-25(20)27(35)18-13-36-22(26(18)33-21)11-17-19(29(36)39)15-41-30(40)28(17)42-24(38)14-34(3)23(37)12-31-2/h7-9,11,16,28,31H,4-6,10,12-15H2,1-3H3. The lowest BCUT2D eigenvalue weighted by molar-refractivity contribution is -0.172. The number of hydrogen-bond donors (Lipinski definition) is 1. The highest BCUT2D eigenvalue weighted by molar-refractivity contribution is 6.11. The summed E-state index contributed by atoms with van der Waals surface area (Å²) in [6.45, 7) is 2.71. The van der Waals surface area contributed by atoms with Crippen molar-refractivity contribution in [2.45, 2.75) is 45.4 Å². The van der Waals surface area contributed by atoms with Crippen molar-refractivity contribution in [1.29, 1.82) is 0 Å². The zero-order valence-electron chi connectivity index (χ0n) is 23.8. The first kappa shape index (κ1) is 27.6. The number of amides is 1. The maximum absolute atomic E-state index is 13.8. The second-order valence-corrected chi connectivity index (χ2v) is 10.7. The van der Waals surface area contributed by atoms with Gasteiger partial charge in [-0.05, 0) is 31.7 Å². The van der Waals surface area contributed by atoms with Crippen LogP contribution in [0, 0.1) is 0 Å². The molecule has 3 aliphatic heterocycles. The minimum absolute atomic E-state index is 0.0491. The van der Waals surface area contributed by atoms with Gasteiger partial charge in [0.15, 0.2) is 0 Å². The number of benzene rings is 1. The number of esters is 2. The summed E-state index contributed by atoms with van der Waals surface area (Å²) in [7, 11) is 3.09. The molecule has 1 atom stereocenters. The van der Waals surface area contributed by atoms with Crippen LogP contribution in [0.25, 0.3) is 22.3 Å². The molecule has 0 aliphatic carbocycles. The highest BCUT2D eigenvalue weighted by atomic mass is 16.6. The third kappa shape index (κ3) is 4.61. The van der Waals surface area contributed by atoms with E-state index in [1.165, 1.54) is 11.9 Å². The lowest BCUT2D eigenvalue weighted by atomic mass is 9.99. The number of cyclic esters (lactones) is 1. The number of pyridine rings is 2. The Balaban J connectivity index is 1.41. The SMILES string of the molecule is CCCCCN1C=Nc2cccc3nc4c(c1c23)Cn1c-4cc2c(c1=O)COC(=O)C2OC(=O)CN(C)C(=O)CNC. The molecule has 1 unspecified atom stereocenters. The van der Waals surface area contributed by atoms with Gasteiger partial charge in [0.05, 0.1) is 58.7 Å². The topological polar surface area (TPSA) is 135 Å². The average Bonchev–Trinajstić information content (AvgIpc) is 3.34. The summed E-state index contributed by atoms with van der Waals surface area (Å²) in [5.74, 6) is -1.87. The smallest absolute Gasteiger partial charge is 0.352 e. The first-order valence-electron chi connectivity index (χ1n) is 14.1. The number of carbonyl (C=O) groups excluding carboxylic acids is 3. The maximum Gasteiger partial charge on any atom is 0.352 e. The van der Waals surface area contributed by atoms with Crippen molar-refractivity contribution in [3.05, 3.63) is 51.3 Å². The van der Waals surface area contributed by atoms with Crippen molar-refractivity contribution in [3.8, 4) is 11.4 Å². The molecule has 42 heavy (non-hydrogen) atoms.